The molecule has 0 spiro atoms. The van der Waals surface area contributed by atoms with Crippen molar-refractivity contribution in [2.24, 2.45) is 0 Å². The number of ether oxygens (including phenoxy) is 1. The molecule has 166 valence electrons. The first-order chi connectivity index (χ1) is 14.9. The van der Waals surface area contributed by atoms with E-state index in [1.165, 1.54) is 5.56 Å². The first kappa shape index (κ1) is 22.8. The smallest absolute Gasteiger partial charge is 0.315 e. The Bertz CT molecular complexity index is 900. The van der Waals surface area contributed by atoms with E-state index in [4.69, 9.17) is 4.74 Å². The lowest BCUT2D eigenvalue weighted by Gasteiger charge is -2.27. The number of carbonyl (C=O) groups excluding carboxylic acids is 2. The number of hydrogen-bond acceptors (Lipinski definition) is 4. The van der Waals surface area contributed by atoms with Gasteiger partial charge in [-0.1, -0.05) is 42.0 Å². The Hall–Kier alpha value is -2.90. The maximum atomic E-state index is 12.3. The van der Waals surface area contributed by atoms with Gasteiger partial charge in [0.25, 0.3) is 0 Å². The highest BCUT2D eigenvalue weighted by Gasteiger charge is 2.14. The summed E-state index contributed by atoms with van der Waals surface area (Å²) in [6, 6.07) is 11.8. The third-order valence-corrected chi connectivity index (χ3v) is 5.41. The summed E-state index contributed by atoms with van der Waals surface area (Å²) in [7, 11) is 0. The average Bonchev–Trinajstić information content (AvgIpc) is 2.75. The minimum atomic E-state index is -0.367. The number of benzene rings is 2. The zero-order valence-electron chi connectivity index (χ0n) is 18.6. The number of aryl methyl sites for hydroxylation is 3. The number of amides is 3. The quantitative estimate of drug-likeness (QED) is 0.638. The van der Waals surface area contributed by atoms with Crippen LogP contribution in [0.25, 0.3) is 0 Å². The fraction of sp³-hybridized carbons (Fsp3) is 0.417. The van der Waals surface area contributed by atoms with Crippen LogP contribution >= 0.6 is 0 Å². The molecule has 31 heavy (non-hydrogen) atoms. The van der Waals surface area contributed by atoms with E-state index in [1.807, 2.05) is 51.1 Å². The molecule has 3 amide bonds. The molecule has 3 N–H and O–H groups in total. The van der Waals surface area contributed by atoms with Gasteiger partial charge in [0.2, 0.25) is 5.91 Å². The highest BCUT2D eigenvalue weighted by molar-refractivity contribution is 5.95. The topological polar surface area (TPSA) is 82.7 Å². The van der Waals surface area contributed by atoms with Crippen LogP contribution in [-0.2, 0) is 22.6 Å². The van der Waals surface area contributed by atoms with Gasteiger partial charge in [0, 0.05) is 31.9 Å². The van der Waals surface area contributed by atoms with Crippen LogP contribution in [-0.4, -0.2) is 49.7 Å². The second-order valence-corrected chi connectivity index (χ2v) is 8.02. The maximum Gasteiger partial charge on any atom is 0.315 e. The Morgan fingerprint density at radius 2 is 1.61 bits per heavy atom. The molecular weight excluding hydrogens is 392 g/mol. The monoisotopic (exact) mass is 424 g/mol. The third kappa shape index (κ3) is 6.80. The Kier molecular flexibility index (Phi) is 8.03. The molecule has 0 bridgehead atoms. The molecule has 0 aromatic heterocycles. The van der Waals surface area contributed by atoms with Gasteiger partial charge in [0.15, 0.2) is 0 Å². The van der Waals surface area contributed by atoms with Gasteiger partial charge in [-0.3, -0.25) is 9.69 Å². The van der Waals surface area contributed by atoms with Gasteiger partial charge in [-0.15, -0.1) is 0 Å². The Balaban J connectivity index is 1.47. The van der Waals surface area contributed by atoms with Crippen LogP contribution in [0.2, 0.25) is 0 Å². The average molecular weight is 425 g/mol. The van der Waals surface area contributed by atoms with E-state index in [9.17, 15) is 9.59 Å². The first-order valence-electron chi connectivity index (χ1n) is 10.7. The van der Waals surface area contributed by atoms with Crippen molar-refractivity contribution >= 4 is 17.6 Å². The van der Waals surface area contributed by atoms with Crippen molar-refractivity contribution in [3.8, 4) is 0 Å². The van der Waals surface area contributed by atoms with E-state index in [-0.39, 0.29) is 18.5 Å². The van der Waals surface area contributed by atoms with Crippen molar-refractivity contribution in [1.29, 1.82) is 0 Å². The van der Waals surface area contributed by atoms with Gasteiger partial charge in [-0.2, -0.15) is 0 Å². The summed E-state index contributed by atoms with van der Waals surface area (Å²) in [5.41, 5.74) is 6.22. The minimum absolute atomic E-state index is 0.0893. The number of nitrogens with zero attached hydrogens (tertiary/aromatic N) is 1. The molecule has 7 nitrogen and oxygen atoms in total. The van der Waals surface area contributed by atoms with E-state index in [0.717, 1.165) is 60.8 Å². The first-order valence-corrected chi connectivity index (χ1v) is 10.7. The van der Waals surface area contributed by atoms with Crippen molar-refractivity contribution in [3.05, 3.63) is 64.2 Å². The van der Waals surface area contributed by atoms with Crippen LogP contribution in [0, 0.1) is 20.8 Å². The maximum absolute atomic E-state index is 12.3. The van der Waals surface area contributed by atoms with Crippen molar-refractivity contribution < 1.29 is 14.3 Å². The molecule has 2 aromatic rings. The van der Waals surface area contributed by atoms with Gasteiger partial charge >= 0.3 is 6.03 Å². The molecule has 1 aliphatic rings. The van der Waals surface area contributed by atoms with Crippen molar-refractivity contribution in [1.82, 2.24) is 15.5 Å². The molecule has 0 unspecified atom stereocenters. The standard InChI is InChI=1S/C24H32N4O3/c1-17-12-18(2)23(19(3)13-17)27-22(29)15-26-24(30)25-14-20-6-4-5-7-21(20)16-28-8-10-31-11-9-28/h4-7,12-13H,8-11,14-16H2,1-3H3,(H,27,29)(H2,25,26,30). The molecule has 0 atom stereocenters. The Morgan fingerprint density at radius 1 is 0.968 bits per heavy atom. The number of urea groups is 1. The molecule has 1 fully saturated rings. The molecule has 0 aliphatic carbocycles. The van der Waals surface area contributed by atoms with E-state index in [0.29, 0.717) is 6.54 Å². The highest BCUT2D eigenvalue weighted by Crippen LogP contribution is 2.21. The van der Waals surface area contributed by atoms with Crippen LogP contribution in [0.1, 0.15) is 27.8 Å². The number of anilines is 1. The molecule has 7 heteroatoms. The lowest BCUT2D eigenvalue weighted by Crippen LogP contribution is -2.40. The second-order valence-electron chi connectivity index (χ2n) is 8.02. The molecule has 1 heterocycles. The van der Waals surface area contributed by atoms with Crippen LogP contribution in [0.4, 0.5) is 10.5 Å². The van der Waals surface area contributed by atoms with Gasteiger partial charge in [0.1, 0.15) is 0 Å². The molecule has 3 rings (SSSR count). The highest BCUT2D eigenvalue weighted by atomic mass is 16.5. The van der Waals surface area contributed by atoms with Crippen LogP contribution in [0.3, 0.4) is 0 Å². The summed E-state index contributed by atoms with van der Waals surface area (Å²) in [6.45, 7) is 10.4. The normalized spacial score (nSPS) is 14.2. The predicted octanol–water partition coefficient (Wildman–Crippen LogP) is 2.88. The van der Waals surface area contributed by atoms with Gasteiger partial charge in [-0.25, -0.2) is 4.79 Å². The molecule has 2 aromatic carbocycles. The molecule has 1 aliphatic heterocycles. The van der Waals surface area contributed by atoms with Crippen molar-refractivity contribution in [2.45, 2.75) is 33.9 Å². The fourth-order valence-electron chi connectivity index (χ4n) is 3.84. The summed E-state index contributed by atoms with van der Waals surface area (Å²) in [6.07, 6.45) is 0. The van der Waals surface area contributed by atoms with Crippen molar-refractivity contribution in [2.75, 3.05) is 38.2 Å². The summed E-state index contributed by atoms with van der Waals surface area (Å²) < 4.78 is 5.41. The largest absolute Gasteiger partial charge is 0.379 e. The number of carbonyl (C=O) groups is 2. The van der Waals surface area contributed by atoms with Gasteiger partial charge < -0.3 is 20.7 Å². The van der Waals surface area contributed by atoms with Gasteiger partial charge in [0.05, 0.1) is 19.8 Å². The van der Waals surface area contributed by atoms with Gasteiger partial charge in [-0.05, 0) is 43.0 Å². The van der Waals surface area contributed by atoms with Crippen LogP contribution in [0.15, 0.2) is 36.4 Å². The summed E-state index contributed by atoms with van der Waals surface area (Å²) in [5, 5.41) is 8.38. The number of rotatable bonds is 7. The number of morpholine rings is 1. The lowest BCUT2D eigenvalue weighted by molar-refractivity contribution is -0.115. The number of hydrogen-bond donors (Lipinski definition) is 3. The predicted molar refractivity (Wildman–Crippen MR) is 122 cm³/mol. The lowest BCUT2D eigenvalue weighted by atomic mass is 10.1. The zero-order chi connectivity index (χ0) is 22.2. The summed E-state index contributed by atoms with van der Waals surface area (Å²) >= 11 is 0. The van der Waals surface area contributed by atoms with Crippen molar-refractivity contribution in [3.63, 3.8) is 0 Å². The molecule has 1 saturated heterocycles. The third-order valence-electron chi connectivity index (χ3n) is 5.41. The fourth-order valence-corrected chi connectivity index (χ4v) is 3.84. The second kappa shape index (κ2) is 10.9. The van der Waals surface area contributed by atoms with E-state index in [2.05, 4.69) is 26.9 Å². The van der Waals surface area contributed by atoms with Crippen LogP contribution in [0.5, 0.6) is 0 Å². The zero-order valence-corrected chi connectivity index (χ0v) is 18.6. The summed E-state index contributed by atoms with van der Waals surface area (Å²) in [5.74, 6) is -0.252. The molecule has 0 saturated carbocycles. The Labute approximate surface area is 184 Å². The number of nitrogens with one attached hydrogen (secondary N) is 3. The van der Waals surface area contributed by atoms with E-state index < -0.39 is 0 Å². The summed E-state index contributed by atoms with van der Waals surface area (Å²) in [4.78, 5) is 26.9. The SMILES string of the molecule is Cc1cc(C)c(NC(=O)CNC(=O)NCc2ccccc2CN2CCOCC2)c(C)c1. The van der Waals surface area contributed by atoms with E-state index in [1.54, 1.807) is 0 Å². The minimum Gasteiger partial charge on any atom is -0.379 e. The molecule has 0 radical (unpaired) electrons. The molecular formula is C24H32N4O3. The van der Waals surface area contributed by atoms with Crippen LogP contribution < -0.4 is 16.0 Å². The van der Waals surface area contributed by atoms with E-state index >= 15 is 0 Å². The Morgan fingerprint density at radius 3 is 2.29 bits per heavy atom.